The third-order valence-electron chi connectivity index (χ3n) is 2.79. The first-order chi connectivity index (χ1) is 9.79. The van der Waals surface area contributed by atoms with E-state index in [2.05, 4.69) is 21.2 Å². The van der Waals surface area contributed by atoms with Crippen LogP contribution in [0.3, 0.4) is 0 Å². The summed E-state index contributed by atoms with van der Waals surface area (Å²) in [5.74, 6) is -0.462. The second kappa shape index (κ2) is 5.87. The number of nitrogens with one attached hydrogen (secondary N) is 1. The quantitative estimate of drug-likeness (QED) is 0.815. The van der Waals surface area contributed by atoms with Crippen LogP contribution in [0.5, 0.6) is 0 Å². The molecule has 5 nitrogen and oxygen atoms in total. The maximum absolute atomic E-state index is 12.2. The van der Waals surface area contributed by atoms with E-state index in [9.17, 15) is 13.2 Å². The summed E-state index contributed by atoms with van der Waals surface area (Å²) in [6, 6.07) is 11.1. The monoisotopic (exact) mass is 368 g/mol. The zero-order chi connectivity index (χ0) is 15.6. The molecule has 0 radical (unpaired) electrons. The molecule has 0 bridgehead atoms. The molecular formula is C14H13BrN2O3S. The number of nitrogens with two attached hydrogens (primary N) is 1. The summed E-state index contributed by atoms with van der Waals surface area (Å²) in [6.07, 6.45) is 1.09. The first kappa shape index (κ1) is 15.5. The zero-order valence-corrected chi connectivity index (χ0v) is 13.5. The highest BCUT2D eigenvalue weighted by molar-refractivity contribution is 9.10. The summed E-state index contributed by atoms with van der Waals surface area (Å²) in [7, 11) is -3.43. The minimum atomic E-state index is -3.43. The molecule has 0 unspecified atom stereocenters. The van der Waals surface area contributed by atoms with Gasteiger partial charge in [0.2, 0.25) is 0 Å². The third-order valence-corrected chi connectivity index (χ3v) is 4.44. The van der Waals surface area contributed by atoms with Gasteiger partial charge in [0, 0.05) is 16.4 Å². The van der Waals surface area contributed by atoms with Gasteiger partial charge >= 0.3 is 0 Å². The molecule has 21 heavy (non-hydrogen) atoms. The molecule has 0 aliphatic carbocycles. The van der Waals surface area contributed by atoms with Crippen molar-refractivity contribution in [2.24, 2.45) is 0 Å². The zero-order valence-electron chi connectivity index (χ0n) is 11.1. The SMILES string of the molecule is CS(=O)(=O)c1ccccc1NC(=O)c1ccc(Br)cc1N. The van der Waals surface area contributed by atoms with Crippen molar-refractivity contribution in [3.05, 3.63) is 52.5 Å². The minimum absolute atomic E-state index is 0.0639. The molecule has 7 heteroatoms. The summed E-state index contributed by atoms with van der Waals surface area (Å²) >= 11 is 3.26. The number of benzene rings is 2. The lowest BCUT2D eigenvalue weighted by Gasteiger charge is -2.11. The van der Waals surface area contributed by atoms with Gasteiger partial charge in [0.05, 0.1) is 16.1 Å². The Kier molecular flexibility index (Phi) is 4.34. The number of rotatable bonds is 3. The lowest BCUT2D eigenvalue weighted by molar-refractivity contribution is 0.102. The average molecular weight is 369 g/mol. The predicted molar refractivity (Wildman–Crippen MR) is 86.1 cm³/mol. The van der Waals surface area contributed by atoms with E-state index in [-0.39, 0.29) is 16.1 Å². The number of amides is 1. The van der Waals surface area contributed by atoms with Gasteiger partial charge in [-0.05, 0) is 30.3 Å². The van der Waals surface area contributed by atoms with Gasteiger partial charge in [0.1, 0.15) is 0 Å². The second-order valence-corrected chi connectivity index (χ2v) is 7.35. The largest absolute Gasteiger partial charge is 0.398 e. The number of sulfone groups is 1. The number of para-hydroxylation sites is 1. The van der Waals surface area contributed by atoms with Crippen LogP contribution in [-0.4, -0.2) is 20.6 Å². The van der Waals surface area contributed by atoms with E-state index in [0.717, 1.165) is 10.7 Å². The summed E-state index contributed by atoms with van der Waals surface area (Å²) in [5, 5.41) is 2.58. The van der Waals surface area contributed by atoms with Crippen LogP contribution in [0.15, 0.2) is 51.8 Å². The average Bonchev–Trinajstić information content (AvgIpc) is 2.37. The number of hydrogen-bond donors (Lipinski definition) is 2. The van der Waals surface area contributed by atoms with Crippen molar-refractivity contribution >= 4 is 43.0 Å². The molecule has 2 aromatic carbocycles. The molecule has 0 heterocycles. The summed E-state index contributed by atoms with van der Waals surface area (Å²) in [5.41, 5.74) is 6.60. The lowest BCUT2D eigenvalue weighted by Crippen LogP contribution is -2.16. The molecule has 3 N–H and O–H groups in total. The molecule has 1 amide bonds. The Labute approximate surface area is 131 Å². The Morgan fingerprint density at radius 1 is 1.19 bits per heavy atom. The van der Waals surface area contributed by atoms with Crippen molar-refractivity contribution in [1.82, 2.24) is 0 Å². The van der Waals surface area contributed by atoms with E-state index >= 15 is 0 Å². The predicted octanol–water partition coefficient (Wildman–Crippen LogP) is 2.69. The van der Waals surface area contributed by atoms with E-state index in [1.54, 1.807) is 30.3 Å². The fourth-order valence-corrected chi connectivity index (χ4v) is 3.05. The topological polar surface area (TPSA) is 89.3 Å². The van der Waals surface area contributed by atoms with Crippen LogP contribution in [0.2, 0.25) is 0 Å². The van der Waals surface area contributed by atoms with Crippen LogP contribution >= 0.6 is 15.9 Å². The molecule has 0 aromatic heterocycles. The van der Waals surface area contributed by atoms with Crippen LogP contribution < -0.4 is 11.1 Å². The van der Waals surface area contributed by atoms with Gasteiger partial charge in [0.25, 0.3) is 5.91 Å². The Bertz CT molecular complexity index is 804. The summed E-state index contributed by atoms with van der Waals surface area (Å²) in [6.45, 7) is 0. The number of anilines is 2. The standard InChI is InChI=1S/C14H13BrN2O3S/c1-21(19,20)13-5-3-2-4-12(13)17-14(18)10-7-6-9(15)8-11(10)16/h2-8H,16H2,1H3,(H,17,18). The van der Waals surface area contributed by atoms with E-state index in [1.807, 2.05) is 0 Å². The van der Waals surface area contributed by atoms with Gasteiger partial charge in [0.15, 0.2) is 9.84 Å². The number of halogens is 1. The van der Waals surface area contributed by atoms with E-state index in [0.29, 0.717) is 5.69 Å². The molecule has 0 fully saturated rings. The Morgan fingerprint density at radius 2 is 1.86 bits per heavy atom. The van der Waals surface area contributed by atoms with Crippen molar-refractivity contribution in [2.45, 2.75) is 4.90 Å². The van der Waals surface area contributed by atoms with Crippen molar-refractivity contribution in [1.29, 1.82) is 0 Å². The Balaban J connectivity index is 2.37. The molecule has 0 aliphatic rings. The summed E-state index contributed by atoms with van der Waals surface area (Å²) in [4.78, 5) is 12.3. The highest BCUT2D eigenvalue weighted by Gasteiger charge is 2.16. The Morgan fingerprint density at radius 3 is 2.48 bits per heavy atom. The lowest BCUT2D eigenvalue weighted by atomic mass is 10.1. The van der Waals surface area contributed by atoms with Crippen LogP contribution in [0.4, 0.5) is 11.4 Å². The van der Waals surface area contributed by atoms with Gasteiger partial charge in [-0.3, -0.25) is 4.79 Å². The fourth-order valence-electron chi connectivity index (χ4n) is 1.82. The second-order valence-electron chi connectivity index (χ2n) is 4.45. The van der Waals surface area contributed by atoms with Crippen molar-refractivity contribution < 1.29 is 13.2 Å². The molecular weight excluding hydrogens is 356 g/mol. The normalized spacial score (nSPS) is 11.1. The summed E-state index contributed by atoms with van der Waals surface area (Å²) < 4.78 is 24.2. The van der Waals surface area contributed by atoms with Crippen LogP contribution in [0, 0.1) is 0 Å². The van der Waals surface area contributed by atoms with Gasteiger partial charge in [-0.1, -0.05) is 28.1 Å². The third kappa shape index (κ3) is 3.62. The van der Waals surface area contributed by atoms with Gasteiger partial charge < -0.3 is 11.1 Å². The van der Waals surface area contributed by atoms with Gasteiger partial charge in [-0.2, -0.15) is 0 Å². The molecule has 0 spiro atoms. The molecule has 2 rings (SSSR count). The number of nitrogen functional groups attached to an aromatic ring is 1. The fraction of sp³-hybridized carbons (Fsp3) is 0.0714. The van der Waals surface area contributed by atoms with Crippen LogP contribution in [0.1, 0.15) is 10.4 Å². The first-order valence-corrected chi connectivity index (χ1v) is 8.63. The number of hydrogen-bond acceptors (Lipinski definition) is 4. The maximum Gasteiger partial charge on any atom is 0.257 e. The Hall–Kier alpha value is -1.86. The van der Waals surface area contributed by atoms with Crippen LogP contribution in [-0.2, 0) is 9.84 Å². The van der Waals surface area contributed by atoms with E-state index < -0.39 is 15.7 Å². The van der Waals surface area contributed by atoms with Gasteiger partial charge in [-0.25, -0.2) is 8.42 Å². The number of carbonyl (C=O) groups is 1. The maximum atomic E-state index is 12.2. The first-order valence-electron chi connectivity index (χ1n) is 5.94. The van der Waals surface area contributed by atoms with Gasteiger partial charge in [-0.15, -0.1) is 0 Å². The van der Waals surface area contributed by atoms with E-state index in [4.69, 9.17) is 5.73 Å². The van der Waals surface area contributed by atoms with E-state index in [1.165, 1.54) is 12.1 Å². The molecule has 0 atom stereocenters. The molecule has 0 saturated heterocycles. The smallest absolute Gasteiger partial charge is 0.257 e. The number of carbonyl (C=O) groups excluding carboxylic acids is 1. The van der Waals surface area contributed by atoms with Crippen molar-refractivity contribution in [3.8, 4) is 0 Å². The molecule has 0 aliphatic heterocycles. The molecule has 0 saturated carbocycles. The minimum Gasteiger partial charge on any atom is -0.398 e. The van der Waals surface area contributed by atoms with Crippen LogP contribution in [0.25, 0.3) is 0 Å². The molecule has 2 aromatic rings. The van der Waals surface area contributed by atoms with Crippen molar-refractivity contribution in [2.75, 3.05) is 17.3 Å². The highest BCUT2D eigenvalue weighted by atomic mass is 79.9. The molecule has 110 valence electrons. The highest BCUT2D eigenvalue weighted by Crippen LogP contribution is 2.23. The van der Waals surface area contributed by atoms with Crippen molar-refractivity contribution in [3.63, 3.8) is 0 Å².